The second-order valence-electron chi connectivity index (χ2n) is 8.35. The quantitative estimate of drug-likeness (QED) is 0.789. The molecule has 1 saturated carbocycles. The summed E-state index contributed by atoms with van der Waals surface area (Å²) < 4.78 is 11.1. The predicted molar refractivity (Wildman–Crippen MR) is 88.5 cm³/mol. The third-order valence-electron chi connectivity index (χ3n) is 6.20. The van der Waals surface area contributed by atoms with Crippen molar-refractivity contribution in [3.63, 3.8) is 0 Å². The van der Waals surface area contributed by atoms with Gasteiger partial charge in [-0.3, -0.25) is 4.84 Å². The summed E-state index contributed by atoms with van der Waals surface area (Å²) in [4.78, 5) is 6.16. The molecule has 0 radical (unpaired) electrons. The van der Waals surface area contributed by atoms with Crippen LogP contribution in [0.25, 0.3) is 0 Å². The molecule has 0 aromatic heterocycles. The van der Waals surface area contributed by atoms with Crippen LogP contribution in [0, 0.1) is 11.8 Å². The van der Waals surface area contributed by atoms with Gasteiger partial charge in [-0.1, -0.05) is 19.9 Å². The summed E-state index contributed by atoms with van der Waals surface area (Å²) in [7, 11) is 2.09. The van der Waals surface area contributed by atoms with Crippen molar-refractivity contribution in [2.24, 2.45) is 11.8 Å². The van der Waals surface area contributed by atoms with E-state index in [9.17, 15) is 0 Å². The number of hydrogen-bond acceptors (Lipinski definition) is 4. The van der Waals surface area contributed by atoms with E-state index in [1.807, 2.05) is 0 Å². The number of rotatable bonds is 1. The van der Waals surface area contributed by atoms with Crippen LogP contribution >= 0.6 is 0 Å². The maximum Gasteiger partial charge on any atom is 0.231 e. The highest BCUT2D eigenvalue weighted by molar-refractivity contribution is 5.46. The van der Waals surface area contributed by atoms with Crippen molar-refractivity contribution >= 4 is 0 Å². The second-order valence-corrected chi connectivity index (χ2v) is 8.35. The van der Waals surface area contributed by atoms with E-state index in [0.29, 0.717) is 24.7 Å². The van der Waals surface area contributed by atoms with Gasteiger partial charge < -0.3 is 9.47 Å². The van der Waals surface area contributed by atoms with Gasteiger partial charge >= 0.3 is 0 Å². The molecule has 3 aliphatic rings. The Balaban J connectivity index is 1.69. The SMILES string of the molecule is C[C@H]1C[C@@](C)(c2ccc3c(c2)OCO3)C[C@@H]2[C@@H]1N(C)OC2(C)C. The smallest absolute Gasteiger partial charge is 0.231 e. The molecule has 23 heavy (non-hydrogen) atoms. The summed E-state index contributed by atoms with van der Waals surface area (Å²) in [6.07, 6.45) is 2.30. The van der Waals surface area contributed by atoms with E-state index in [1.54, 1.807) is 0 Å². The molecular weight excluding hydrogens is 290 g/mol. The van der Waals surface area contributed by atoms with Gasteiger partial charge in [0.1, 0.15) is 0 Å². The van der Waals surface area contributed by atoms with Gasteiger partial charge in [0.15, 0.2) is 11.5 Å². The van der Waals surface area contributed by atoms with Crippen molar-refractivity contribution in [1.29, 1.82) is 0 Å². The van der Waals surface area contributed by atoms with Crippen LogP contribution in [0.2, 0.25) is 0 Å². The van der Waals surface area contributed by atoms with Gasteiger partial charge in [-0.05, 0) is 55.7 Å². The van der Waals surface area contributed by atoms with Gasteiger partial charge in [-0.15, -0.1) is 0 Å². The van der Waals surface area contributed by atoms with Crippen molar-refractivity contribution < 1.29 is 14.3 Å². The van der Waals surface area contributed by atoms with E-state index in [4.69, 9.17) is 14.3 Å². The average molecular weight is 317 g/mol. The fourth-order valence-electron chi connectivity index (χ4n) is 5.19. The fraction of sp³-hybridized carbons (Fsp3) is 0.684. The van der Waals surface area contributed by atoms with Crippen LogP contribution in [0.15, 0.2) is 18.2 Å². The monoisotopic (exact) mass is 317 g/mol. The molecule has 1 saturated heterocycles. The van der Waals surface area contributed by atoms with Crippen LogP contribution in [0.4, 0.5) is 0 Å². The van der Waals surface area contributed by atoms with Gasteiger partial charge in [-0.25, -0.2) is 0 Å². The molecule has 4 rings (SSSR count). The molecule has 0 spiro atoms. The van der Waals surface area contributed by atoms with Crippen LogP contribution in [0.3, 0.4) is 0 Å². The number of nitrogens with zero attached hydrogens (tertiary/aromatic N) is 1. The zero-order valence-corrected chi connectivity index (χ0v) is 14.8. The first-order valence-corrected chi connectivity index (χ1v) is 8.62. The van der Waals surface area contributed by atoms with Crippen LogP contribution < -0.4 is 9.47 Å². The summed E-state index contributed by atoms with van der Waals surface area (Å²) in [5, 5.41) is 2.11. The van der Waals surface area contributed by atoms with Crippen LogP contribution in [-0.2, 0) is 10.3 Å². The molecule has 4 atom stereocenters. The lowest BCUT2D eigenvalue weighted by Gasteiger charge is -2.46. The highest BCUT2D eigenvalue weighted by atomic mass is 16.7. The molecule has 4 nitrogen and oxygen atoms in total. The van der Waals surface area contributed by atoms with Gasteiger partial charge in [0, 0.05) is 19.0 Å². The number of fused-ring (bicyclic) bond motifs is 2. The molecule has 4 heteroatoms. The molecule has 126 valence electrons. The molecular formula is C19H27NO3. The maximum absolute atomic E-state index is 6.16. The van der Waals surface area contributed by atoms with Gasteiger partial charge in [0.25, 0.3) is 0 Å². The van der Waals surface area contributed by atoms with Crippen molar-refractivity contribution in [2.75, 3.05) is 13.8 Å². The van der Waals surface area contributed by atoms with Crippen molar-refractivity contribution in [3.8, 4) is 11.5 Å². The summed E-state index contributed by atoms with van der Waals surface area (Å²) >= 11 is 0. The number of hydroxylamine groups is 2. The zero-order chi connectivity index (χ0) is 16.4. The zero-order valence-electron chi connectivity index (χ0n) is 14.8. The van der Waals surface area contributed by atoms with Crippen molar-refractivity contribution in [2.45, 2.75) is 57.6 Å². The van der Waals surface area contributed by atoms with Crippen LogP contribution in [0.5, 0.6) is 11.5 Å². The van der Waals surface area contributed by atoms with Gasteiger partial charge in [-0.2, -0.15) is 5.06 Å². The Morgan fingerprint density at radius 2 is 1.83 bits per heavy atom. The Hall–Kier alpha value is -1.26. The average Bonchev–Trinajstić information content (AvgIpc) is 3.00. The minimum atomic E-state index is -0.105. The third kappa shape index (κ3) is 2.26. The lowest BCUT2D eigenvalue weighted by Crippen LogP contribution is -2.48. The first kappa shape index (κ1) is 15.3. The number of ether oxygens (including phenoxy) is 2. The second kappa shape index (κ2) is 4.87. The predicted octanol–water partition coefficient (Wildman–Crippen LogP) is 3.74. The minimum Gasteiger partial charge on any atom is -0.454 e. The molecule has 1 aromatic rings. The molecule has 2 fully saturated rings. The van der Waals surface area contributed by atoms with Gasteiger partial charge in [0.2, 0.25) is 6.79 Å². The van der Waals surface area contributed by atoms with E-state index in [-0.39, 0.29) is 11.0 Å². The Kier molecular flexibility index (Phi) is 3.23. The molecule has 0 N–H and O–H groups in total. The van der Waals surface area contributed by atoms with Crippen molar-refractivity contribution in [3.05, 3.63) is 23.8 Å². The van der Waals surface area contributed by atoms with Crippen molar-refractivity contribution in [1.82, 2.24) is 5.06 Å². The third-order valence-corrected chi connectivity index (χ3v) is 6.20. The molecule has 0 bridgehead atoms. The van der Waals surface area contributed by atoms with Crippen LogP contribution in [0.1, 0.15) is 46.1 Å². The Labute approximate surface area is 138 Å². The molecule has 0 amide bonds. The Morgan fingerprint density at radius 1 is 1.09 bits per heavy atom. The summed E-state index contributed by atoms with van der Waals surface area (Å²) in [5.74, 6) is 2.88. The Morgan fingerprint density at radius 3 is 2.61 bits per heavy atom. The van der Waals surface area contributed by atoms with E-state index in [0.717, 1.165) is 24.3 Å². The molecule has 1 aromatic carbocycles. The summed E-state index contributed by atoms with van der Waals surface area (Å²) in [6.45, 7) is 9.55. The standard InChI is InChI=1S/C19H27NO3/c1-12-9-19(4,10-14-17(12)20(5)23-18(14,2)3)13-6-7-15-16(8-13)22-11-21-15/h6-8,12,14,17H,9-11H2,1-5H3/t12-,14+,17+,19+/m0/s1. The normalized spacial score (nSPS) is 38.6. The topological polar surface area (TPSA) is 30.9 Å². The van der Waals surface area contributed by atoms with E-state index in [2.05, 4.69) is 58.0 Å². The lowest BCUT2D eigenvalue weighted by atomic mass is 9.59. The highest BCUT2D eigenvalue weighted by Gasteiger charge is 2.55. The Bertz CT molecular complexity index is 629. The number of hydrogen-bond donors (Lipinski definition) is 0. The lowest BCUT2D eigenvalue weighted by molar-refractivity contribution is -0.182. The van der Waals surface area contributed by atoms with Gasteiger partial charge in [0.05, 0.1) is 5.60 Å². The summed E-state index contributed by atoms with van der Waals surface area (Å²) in [5.41, 5.74) is 1.40. The highest BCUT2D eigenvalue weighted by Crippen LogP contribution is 2.53. The summed E-state index contributed by atoms with van der Waals surface area (Å²) in [6, 6.07) is 6.96. The molecule has 2 heterocycles. The fourth-order valence-corrected chi connectivity index (χ4v) is 5.19. The molecule has 0 unspecified atom stereocenters. The van der Waals surface area contributed by atoms with Crippen LogP contribution in [-0.4, -0.2) is 30.5 Å². The first-order valence-electron chi connectivity index (χ1n) is 8.62. The van der Waals surface area contributed by atoms with E-state index >= 15 is 0 Å². The molecule has 2 aliphatic heterocycles. The largest absolute Gasteiger partial charge is 0.454 e. The maximum atomic E-state index is 6.16. The van der Waals surface area contributed by atoms with E-state index < -0.39 is 0 Å². The minimum absolute atomic E-state index is 0.105. The number of benzene rings is 1. The molecule has 1 aliphatic carbocycles. The van der Waals surface area contributed by atoms with E-state index in [1.165, 1.54) is 5.56 Å². The first-order chi connectivity index (χ1) is 10.8.